The third-order valence-electron chi connectivity index (χ3n) is 2.44. The molecule has 2 aromatic rings. The van der Waals surface area contributed by atoms with Gasteiger partial charge < -0.3 is 10.5 Å². The number of para-hydroxylation sites is 1. The summed E-state index contributed by atoms with van der Waals surface area (Å²) in [6.07, 6.45) is 0. The molecule has 0 fully saturated rings. The standard InChI is InChI=1S/C13H12N2O3/c14-12-8-10(6-7-13(12)15(16)17)9-18-11-4-2-1-3-5-11/h1-8H,9,14H2. The molecule has 0 unspecified atom stereocenters. The van der Waals surface area contributed by atoms with E-state index in [2.05, 4.69) is 0 Å². The Labute approximate surface area is 104 Å². The van der Waals surface area contributed by atoms with Crippen molar-refractivity contribution in [1.82, 2.24) is 0 Å². The molecule has 2 rings (SSSR count). The number of benzene rings is 2. The van der Waals surface area contributed by atoms with E-state index in [4.69, 9.17) is 10.5 Å². The minimum atomic E-state index is -0.503. The average molecular weight is 244 g/mol. The Balaban J connectivity index is 2.07. The lowest BCUT2D eigenvalue weighted by Crippen LogP contribution is -1.99. The van der Waals surface area contributed by atoms with Gasteiger partial charge in [0, 0.05) is 6.07 Å². The Bertz CT molecular complexity index is 555. The monoisotopic (exact) mass is 244 g/mol. The van der Waals surface area contributed by atoms with Crippen LogP contribution in [0.25, 0.3) is 0 Å². The molecule has 0 bridgehead atoms. The largest absolute Gasteiger partial charge is 0.489 e. The van der Waals surface area contributed by atoms with Crippen molar-refractivity contribution >= 4 is 11.4 Å². The molecule has 2 N–H and O–H groups in total. The molecule has 18 heavy (non-hydrogen) atoms. The highest BCUT2D eigenvalue weighted by Crippen LogP contribution is 2.22. The third kappa shape index (κ3) is 2.76. The molecule has 0 aromatic heterocycles. The molecular formula is C13H12N2O3. The molecule has 0 aliphatic rings. The first-order chi connectivity index (χ1) is 8.66. The predicted octanol–water partition coefficient (Wildman–Crippen LogP) is 2.76. The Kier molecular flexibility index (Phi) is 3.43. The smallest absolute Gasteiger partial charge is 0.292 e. The molecule has 5 nitrogen and oxygen atoms in total. The number of hydrogen-bond donors (Lipinski definition) is 1. The summed E-state index contributed by atoms with van der Waals surface area (Å²) in [5.74, 6) is 0.745. The van der Waals surface area contributed by atoms with Crippen LogP contribution in [-0.4, -0.2) is 4.92 Å². The van der Waals surface area contributed by atoms with Crippen molar-refractivity contribution in [3.05, 3.63) is 64.2 Å². The van der Waals surface area contributed by atoms with Crippen molar-refractivity contribution in [1.29, 1.82) is 0 Å². The second kappa shape index (κ2) is 5.18. The Hall–Kier alpha value is -2.56. The number of anilines is 1. The summed E-state index contributed by atoms with van der Waals surface area (Å²) in [5.41, 5.74) is 6.45. The van der Waals surface area contributed by atoms with Crippen molar-refractivity contribution < 1.29 is 9.66 Å². The Morgan fingerprint density at radius 1 is 1.17 bits per heavy atom. The zero-order valence-corrected chi connectivity index (χ0v) is 9.58. The maximum atomic E-state index is 10.6. The quantitative estimate of drug-likeness (QED) is 0.509. The first kappa shape index (κ1) is 11.9. The summed E-state index contributed by atoms with van der Waals surface area (Å²) in [6.45, 7) is 0.326. The van der Waals surface area contributed by atoms with Gasteiger partial charge in [-0.25, -0.2) is 0 Å². The third-order valence-corrected chi connectivity index (χ3v) is 2.44. The molecule has 5 heteroatoms. The lowest BCUT2D eigenvalue weighted by Gasteiger charge is -2.06. The Morgan fingerprint density at radius 2 is 1.89 bits per heavy atom. The van der Waals surface area contributed by atoms with E-state index in [0.717, 1.165) is 11.3 Å². The number of nitro benzene ring substituents is 1. The van der Waals surface area contributed by atoms with Crippen LogP contribution in [0.15, 0.2) is 48.5 Å². The summed E-state index contributed by atoms with van der Waals surface area (Å²) >= 11 is 0. The van der Waals surface area contributed by atoms with Crippen LogP contribution in [0.3, 0.4) is 0 Å². The fraction of sp³-hybridized carbons (Fsp3) is 0.0769. The van der Waals surface area contributed by atoms with E-state index in [0.29, 0.717) is 6.61 Å². The van der Waals surface area contributed by atoms with Gasteiger partial charge in [0.05, 0.1) is 4.92 Å². The number of nitrogens with two attached hydrogens (primary N) is 1. The topological polar surface area (TPSA) is 78.4 Å². The second-order valence-corrected chi connectivity index (χ2v) is 3.75. The van der Waals surface area contributed by atoms with Crippen LogP contribution in [-0.2, 0) is 6.61 Å². The summed E-state index contributed by atoms with van der Waals surface area (Å²) in [7, 11) is 0. The number of nitrogen functional groups attached to an aromatic ring is 1. The van der Waals surface area contributed by atoms with Crippen molar-refractivity contribution in [2.24, 2.45) is 0 Å². The molecule has 2 aromatic carbocycles. The zero-order valence-electron chi connectivity index (χ0n) is 9.58. The molecule has 0 heterocycles. The van der Waals surface area contributed by atoms with Gasteiger partial charge >= 0.3 is 0 Å². The summed E-state index contributed by atoms with van der Waals surface area (Å²) in [5, 5.41) is 10.6. The molecule has 0 amide bonds. The van der Waals surface area contributed by atoms with Crippen molar-refractivity contribution in [2.45, 2.75) is 6.61 Å². The van der Waals surface area contributed by atoms with E-state index in [1.54, 1.807) is 12.1 Å². The number of nitro groups is 1. The van der Waals surface area contributed by atoms with Crippen LogP contribution in [0.2, 0.25) is 0 Å². The highest BCUT2D eigenvalue weighted by Gasteiger charge is 2.11. The van der Waals surface area contributed by atoms with Gasteiger partial charge in [0.1, 0.15) is 18.0 Å². The molecule has 0 spiro atoms. The van der Waals surface area contributed by atoms with Gasteiger partial charge in [-0.2, -0.15) is 0 Å². The SMILES string of the molecule is Nc1cc(COc2ccccc2)ccc1[N+](=O)[O-]. The Morgan fingerprint density at radius 3 is 2.50 bits per heavy atom. The van der Waals surface area contributed by atoms with E-state index in [1.807, 2.05) is 30.3 Å². The van der Waals surface area contributed by atoms with Crippen LogP contribution < -0.4 is 10.5 Å². The van der Waals surface area contributed by atoms with Gasteiger partial charge in [-0.15, -0.1) is 0 Å². The molecule has 0 radical (unpaired) electrons. The molecule has 92 valence electrons. The molecule has 0 atom stereocenters. The predicted molar refractivity (Wildman–Crippen MR) is 68.3 cm³/mol. The van der Waals surface area contributed by atoms with Crippen molar-refractivity contribution in [3.63, 3.8) is 0 Å². The summed E-state index contributed by atoms with van der Waals surface area (Å²) in [6, 6.07) is 13.9. The lowest BCUT2D eigenvalue weighted by atomic mass is 10.2. The number of hydrogen-bond acceptors (Lipinski definition) is 4. The van der Waals surface area contributed by atoms with E-state index in [1.165, 1.54) is 6.07 Å². The first-order valence-corrected chi connectivity index (χ1v) is 5.37. The minimum absolute atomic E-state index is 0.0848. The van der Waals surface area contributed by atoms with Crippen LogP contribution in [0, 0.1) is 10.1 Å². The fourth-order valence-corrected chi connectivity index (χ4v) is 1.54. The van der Waals surface area contributed by atoms with E-state index >= 15 is 0 Å². The van der Waals surface area contributed by atoms with Gasteiger partial charge in [-0.05, 0) is 29.8 Å². The van der Waals surface area contributed by atoms with Crippen molar-refractivity contribution in [2.75, 3.05) is 5.73 Å². The van der Waals surface area contributed by atoms with Gasteiger partial charge in [0.25, 0.3) is 5.69 Å². The van der Waals surface area contributed by atoms with E-state index in [9.17, 15) is 10.1 Å². The van der Waals surface area contributed by atoms with E-state index in [-0.39, 0.29) is 11.4 Å². The van der Waals surface area contributed by atoms with Crippen LogP contribution in [0.4, 0.5) is 11.4 Å². The molecule has 0 saturated carbocycles. The number of rotatable bonds is 4. The van der Waals surface area contributed by atoms with Gasteiger partial charge in [0.15, 0.2) is 0 Å². The molecule has 0 aliphatic heterocycles. The highest BCUT2D eigenvalue weighted by atomic mass is 16.6. The van der Waals surface area contributed by atoms with Gasteiger partial charge in [-0.1, -0.05) is 18.2 Å². The maximum Gasteiger partial charge on any atom is 0.292 e. The van der Waals surface area contributed by atoms with Crippen LogP contribution in [0.1, 0.15) is 5.56 Å². The van der Waals surface area contributed by atoms with Gasteiger partial charge in [-0.3, -0.25) is 10.1 Å². The van der Waals surface area contributed by atoms with Crippen LogP contribution >= 0.6 is 0 Å². The maximum absolute atomic E-state index is 10.6. The van der Waals surface area contributed by atoms with E-state index < -0.39 is 4.92 Å². The summed E-state index contributed by atoms with van der Waals surface area (Å²) < 4.78 is 5.52. The molecular weight excluding hydrogens is 232 g/mol. The second-order valence-electron chi connectivity index (χ2n) is 3.75. The lowest BCUT2D eigenvalue weighted by molar-refractivity contribution is -0.383. The normalized spacial score (nSPS) is 10.0. The molecule has 0 aliphatic carbocycles. The number of nitrogens with zero attached hydrogens (tertiary/aromatic N) is 1. The molecule has 0 saturated heterocycles. The number of ether oxygens (including phenoxy) is 1. The summed E-state index contributed by atoms with van der Waals surface area (Å²) in [4.78, 5) is 10.1. The fourth-order valence-electron chi connectivity index (χ4n) is 1.54. The van der Waals surface area contributed by atoms with Gasteiger partial charge in [0.2, 0.25) is 0 Å². The highest BCUT2D eigenvalue weighted by molar-refractivity contribution is 5.59. The van der Waals surface area contributed by atoms with Crippen molar-refractivity contribution in [3.8, 4) is 5.75 Å². The zero-order chi connectivity index (χ0) is 13.0. The minimum Gasteiger partial charge on any atom is -0.489 e. The average Bonchev–Trinajstić information content (AvgIpc) is 2.37. The van der Waals surface area contributed by atoms with Crippen LogP contribution in [0.5, 0.6) is 5.75 Å². The first-order valence-electron chi connectivity index (χ1n) is 5.37.